The van der Waals surface area contributed by atoms with Gasteiger partial charge in [-0.15, -0.1) is 0 Å². The van der Waals surface area contributed by atoms with Gasteiger partial charge in [-0.25, -0.2) is 4.98 Å². The smallest absolute Gasteiger partial charge is 0.340 e. The highest BCUT2D eigenvalue weighted by Crippen LogP contribution is 2.33. The maximum absolute atomic E-state index is 12.3. The number of hydrogen-bond acceptors (Lipinski definition) is 2. The van der Waals surface area contributed by atoms with Crippen LogP contribution in [0.5, 0.6) is 0 Å². The molecule has 0 radical (unpaired) electrons. The monoisotopic (exact) mass is 325 g/mol. The topological polar surface area (TPSA) is 49.0 Å². The van der Waals surface area contributed by atoms with Crippen LogP contribution in [0.25, 0.3) is 11.0 Å². The third-order valence-electron chi connectivity index (χ3n) is 4.17. The Balaban J connectivity index is 1.78. The van der Waals surface area contributed by atoms with Gasteiger partial charge < -0.3 is 9.88 Å². The van der Waals surface area contributed by atoms with Crippen LogP contribution in [0.1, 0.15) is 43.1 Å². The number of halogens is 3. The van der Waals surface area contributed by atoms with E-state index < -0.39 is 24.9 Å². The number of hydrogen-bond donors (Lipinski definition) is 1. The normalized spacial score (nSPS) is 18.8. The number of carbonyl (C=O) groups excluding carboxylic acids is 1. The minimum Gasteiger partial charge on any atom is -0.340 e. The lowest BCUT2D eigenvalue weighted by Gasteiger charge is -2.23. The molecule has 1 aliphatic heterocycles. The van der Waals surface area contributed by atoms with Crippen molar-refractivity contribution in [3.63, 3.8) is 0 Å². The van der Waals surface area contributed by atoms with Gasteiger partial charge in [0.25, 0.3) is 0 Å². The molecule has 124 valence electrons. The summed E-state index contributed by atoms with van der Waals surface area (Å²) in [6, 6.07) is 5.56. The maximum Gasteiger partial charge on any atom is 0.389 e. The fourth-order valence-electron chi connectivity index (χ4n) is 3.04. The fraction of sp³-hybridized carbons (Fsp3) is 0.500. The molecule has 3 rings (SSSR count). The van der Waals surface area contributed by atoms with E-state index in [9.17, 15) is 18.0 Å². The molecular weight excluding hydrogens is 307 g/mol. The fourth-order valence-corrected chi connectivity index (χ4v) is 3.04. The molecule has 23 heavy (non-hydrogen) atoms. The third kappa shape index (κ3) is 3.48. The van der Waals surface area contributed by atoms with E-state index in [-0.39, 0.29) is 6.04 Å². The number of likely N-dealkylation sites (tertiary alicyclic amines) is 1. The summed E-state index contributed by atoms with van der Waals surface area (Å²) in [5.74, 6) is 0.199. The van der Waals surface area contributed by atoms with E-state index >= 15 is 0 Å². The number of aryl methyl sites for hydroxylation is 1. The third-order valence-corrected chi connectivity index (χ3v) is 4.17. The molecule has 1 aromatic carbocycles. The van der Waals surface area contributed by atoms with Crippen molar-refractivity contribution in [1.29, 1.82) is 0 Å². The molecule has 1 atom stereocenters. The first-order chi connectivity index (χ1) is 10.8. The van der Waals surface area contributed by atoms with Gasteiger partial charge in [0, 0.05) is 13.0 Å². The molecule has 1 saturated heterocycles. The molecule has 2 heterocycles. The number of fused-ring (bicyclic) bond motifs is 1. The second-order valence-corrected chi connectivity index (χ2v) is 6.00. The summed E-state index contributed by atoms with van der Waals surface area (Å²) in [7, 11) is 0. The molecule has 2 aromatic rings. The zero-order valence-electron chi connectivity index (χ0n) is 12.8. The molecular formula is C16H18F3N3O. The van der Waals surface area contributed by atoms with Gasteiger partial charge in [-0.2, -0.15) is 13.2 Å². The Morgan fingerprint density at radius 3 is 2.96 bits per heavy atom. The number of H-pyrrole nitrogens is 1. The van der Waals surface area contributed by atoms with Crippen LogP contribution in [0.15, 0.2) is 18.2 Å². The molecule has 7 heteroatoms. The Hall–Kier alpha value is -2.05. The molecule has 0 saturated carbocycles. The number of aromatic amines is 1. The van der Waals surface area contributed by atoms with E-state index in [2.05, 4.69) is 9.97 Å². The Morgan fingerprint density at radius 1 is 1.43 bits per heavy atom. The average molecular weight is 325 g/mol. The van der Waals surface area contributed by atoms with Gasteiger partial charge in [0.1, 0.15) is 5.82 Å². The summed E-state index contributed by atoms with van der Waals surface area (Å²) in [6.45, 7) is 2.46. The molecule has 0 unspecified atom stereocenters. The minimum absolute atomic E-state index is 0.261. The number of nitrogens with zero attached hydrogens (tertiary/aromatic N) is 2. The van der Waals surface area contributed by atoms with E-state index in [1.807, 2.05) is 25.1 Å². The van der Waals surface area contributed by atoms with Crippen molar-refractivity contribution in [2.75, 3.05) is 6.54 Å². The largest absolute Gasteiger partial charge is 0.389 e. The summed E-state index contributed by atoms with van der Waals surface area (Å²) in [4.78, 5) is 21.4. The van der Waals surface area contributed by atoms with Crippen molar-refractivity contribution < 1.29 is 18.0 Å². The van der Waals surface area contributed by atoms with Crippen molar-refractivity contribution in [2.24, 2.45) is 0 Å². The zero-order chi connectivity index (χ0) is 16.6. The number of imidazole rings is 1. The van der Waals surface area contributed by atoms with Gasteiger partial charge in [-0.3, -0.25) is 4.79 Å². The van der Waals surface area contributed by atoms with Crippen LogP contribution >= 0.6 is 0 Å². The number of amides is 1. The first-order valence-corrected chi connectivity index (χ1v) is 7.66. The van der Waals surface area contributed by atoms with Gasteiger partial charge in [0.2, 0.25) is 5.91 Å². The number of alkyl halides is 3. The Morgan fingerprint density at radius 2 is 2.22 bits per heavy atom. The van der Waals surface area contributed by atoms with Gasteiger partial charge in [-0.05, 0) is 37.5 Å². The maximum atomic E-state index is 12.3. The molecule has 1 N–H and O–H groups in total. The van der Waals surface area contributed by atoms with Crippen LogP contribution in [0.4, 0.5) is 13.2 Å². The van der Waals surface area contributed by atoms with Crippen LogP contribution in [-0.2, 0) is 4.79 Å². The van der Waals surface area contributed by atoms with Crippen molar-refractivity contribution in [2.45, 2.75) is 44.8 Å². The van der Waals surface area contributed by atoms with E-state index in [1.54, 1.807) is 0 Å². The number of benzene rings is 1. The quantitative estimate of drug-likeness (QED) is 0.931. The lowest BCUT2D eigenvalue weighted by molar-refractivity contribution is -0.149. The summed E-state index contributed by atoms with van der Waals surface area (Å²) in [6.07, 6.45) is -4.38. The average Bonchev–Trinajstić information content (AvgIpc) is 3.09. The first-order valence-electron chi connectivity index (χ1n) is 7.66. The summed E-state index contributed by atoms with van der Waals surface area (Å²) in [5.41, 5.74) is 2.78. The van der Waals surface area contributed by atoms with E-state index in [0.717, 1.165) is 29.4 Å². The lowest BCUT2D eigenvalue weighted by Crippen LogP contribution is -2.31. The SMILES string of the molecule is Cc1ccc2nc([C@@H]3CCCN3C(=O)CCC(F)(F)F)[nH]c2c1. The number of carbonyl (C=O) groups is 1. The highest BCUT2D eigenvalue weighted by Gasteiger charge is 2.34. The lowest BCUT2D eigenvalue weighted by atomic mass is 10.2. The van der Waals surface area contributed by atoms with E-state index in [1.165, 1.54) is 4.90 Å². The number of rotatable bonds is 3. The molecule has 1 aromatic heterocycles. The van der Waals surface area contributed by atoms with E-state index in [0.29, 0.717) is 12.4 Å². The van der Waals surface area contributed by atoms with Crippen LogP contribution in [0.2, 0.25) is 0 Å². The van der Waals surface area contributed by atoms with Crippen LogP contribution < -0.4 is 0 Å². The number of nitrogens with one attached hydrogen (secondary N) is 1. The van der Waals surface area contributed by atoms with E-state index in [4.69, 9.17) is 0 Å². The Kier molecular flexibility index (Phi) is 4.04. The van der Waals surface area contributed by atoms with Gasteiger partial charge in [-0.1, -0.05) is 6.07 Å². The molecule has 0 bridgehead atoms. The summed E-state index contributed by atoms with van der Waals surface area (Å²) >= 11 is 0. The summed E-state index contributed by atoms with van der Waals surface area (Å²) in [5, 5.41) is 0. The van der Waals surface area contributed by atoms with Crippen LogP contribution in [0, 0.1) is 6.92 Å². The Bertz CT molecular complexity index is 723. The highest BCUT2D eigenvalue weighted by atomic mass is 19.4. The van der Waals surface area contributed by atoms with Gasteiger partial charge in [0.05, 0.1) is 23.5 Å². The molecule has 1 aliphatic rings. The number of aromatic nitrogens is 2. The van der Waals surface area contributed by atoms with Gasteiger partial charge >= 0.3 is 6.18 Å². The Labute approximate surface area is 131 Å². The van der Waals surface area contributed by atoms with Crippen molar-refractivity contribution >= 4 is 16.9 Å². The minimum atomic E-state index is -4.30. The molecule has 0 spiro atoms. The standard InChI is InChI=1S/C16H18F3N3O/c1-10-4-5-11-12(9-10)21-15(20-11)13-3-2-8-22(13)14(23)6-7-16(17,18)19/h4-5,9,13H,2-3,6-8H2,1H3,(H,20,21)/t13-/m0/s1. The van der Waals surface area contributed by atoms with Crippen LogP contribution in [-0.4, -0.2) is 33.5 Å². The van der Waals surface area contributed by atoms with Crippen molar-refractivity contribution in [3.05, 3.63) is 29.6 Å². The molecule has 0 aliphatic carbocycles. The van der Waals surface area contributed by atoms with Gasteiger partial charge in [0.15, 0.2) is 0 Å². The first kappa shape index (κ1) is 15.8. The molecule has 1 fully saturated rings. The predicted molar refractivity (Wildman–Crippen MR) is 79.8 cm³/mol. The predicted octanol–water partition coefficient (Wildman–Crippen LogP) is 3.88. The zero-order valence-corrected chi connectivity index (χ0v) is 12.8. The second-order valence-electron chi connectivity index (χ2n) is 6.00. The van der Waals surface area contributed by atoms with Crippen LogP contribution in [0.3, 0.4) is 0 Å². The molecule has 1 amide bonds. The summed E-state index contributed by atoms with van der Waals surface area (Å²) < 4.78 is 36.9. The van der Waals surface area contributed by atoms with Crippen molar-refractivity contribution in [3.8, 4) is 0 Å². The molecule has 4 nitrogen and oxygen atoms in total. The van der Waals surface area contributed by atoms with Crippen molar-refractivity contribution in [1.82, 2.24) is 14.9 Å². The second kappa shape index (κ2) is 5.86. The highest BCUT2D eigenvalue weighted by molar-refractivity contribution is 5.78.